The highest BCUT2D eigenvalue weighted by Crippen LogP contribution is 2.30. The van der Waals surface area contributed by atoms with Crippen molar-refractivity contribution in [3.8, 4) is 34.0 Å². The van der Waals surface area contributed by atoms with Crippen LogP contribution >= 0.6 is 0 Å². The molecule has 8 heteroatoms. The lowest BCUT2D eigenvalue weighted by Crippen LogP contribution is -1.88. The molecule has 0 saturated heterocycles. The highest BCUT2D eigenvalue weighted by Gasteiger charge is 2.16. The Labute approximate surface area is 170 Å². The molecule has 0 aliphatic heterocycles. The number of imidazole rings is 1. The van der Waals surface area contributed by atoms with Crippen LogP contribution in [-0.4, -0.2) is 40.1 Å². The van der Waals surface area contributed by atoms with Crippen LogP contribution in [0.1, 0.15) is 0 Å². The monoisotopic (exact) mass is 390 g/mol. The van der Waals surface area contributed by atoms with Gasteiger partial charge in [0.2, 0.25) is 0 Å². The SMILES string of the molecule is c1ccc(-c2nccc3[nH]c(-c4[nH]nc5ncc(-c6cccnc6)cc45)nc23)nc1. The topological polar surface area (TPSA) is 109 Å². The van der Waals surface area contributed by atoms with E-state index in [0.29, 0.717) is 11.5 Å². The molecule has 0 saturated carbocycles. The molecule has 0 aliphatic rings. The van der Waals surface area contributed by atoms with Crippen molar-refractivity contribution in [1.82, 2.24) is 40.1 Å². The van der Waals surface area contributed by atoms with Crippen LogP contribution < -0.4 is 0 Å². The standard InChI is InChI=1S/C22H14N8/c1-2-8-24-16(5-1)19-20-17(6-9-25-19)27-22(28-20)18-15-10-14(12-26-21(15)30-29-18)13-4-3-7-23-11-13/h1-12H,(H,27,28)(H,26,29,30). The smallest absolute Gasteiger partial charge is 0.181 e. The first kappa shape index (κ1) is 16.5. The molecule has 8 nitrogen and oxygen atoms in total. The van der Waals surface area contributed by atoms with Crippen molar-refractivity contribution in [1.29, 1.82) is 0 Å². The third-order valence-electron chi connectivity index (χ3n) is 4.95. The molecule has 6 aromatic rings. The first-order chi connectivity index (χ1) is 14.9. The largest absolute Gasteiger partial charge is 0.337 e. The molecule has 6 heterocycles. The summed E-state index contributed by atoms with van der Waals surface area (Å²) in [7, 11) is 0. The predicted octanol–water partition coefficient (Wildman–Crippen LogP) is 4.02. The molecule has 0 aliphatic carbocycles. The van der Waals surface area contributed by atoms with Crippen molar-refractivity contribution in [2.24, 2.45) is 0 Å². The first-order valence-corrected chi connectivity index (χ1v) is 9.38. The average molecular weight is 390 g/mol. The zero-order chi connectivity index (χ0) is 19.9. The van der Waals surface area contributed by atoms with E-state index in [2.05, 4.69) is 35.1 Å². The Kier molecular flexibility index (Phi) is 3.60. The van der Waals surface area contributed by atoms with Crippen molar-refractivity contribution >= 4 is 22.1 Å². The predicted molar refractivity (Wildman–Crippen MR) is 113 cm³/mol. The summed E-state index contributed by atoms with van der Waals surface area (Å²) in [6.45, 7) is 0. The van der Waals surface area contributed by atoms with E-state index in [1.165, 1.54) is 0 Å². The van der Waals surface area contributed by atoms with Crippen LogP contribution in [0.5, 0.6) is 0 Å². The van der Waals surface area contributed by atoms with Gasteiger partial charge in [-0.15, -0.1) is 0 Å². The Hall–Kier alpha value is -4.46. The molecule has 0 bridgehead atoms. The van der Waals surface area contributed by atoms with Gasteiger partial charge in [-0.25, -0.2) is 9.97 Å². The molecule has 6 rings (SSSR count). The van der Waals surface area contributed by atoms with Gasteiger partial charge < -0.3 is 4.98 Å². The minimum Gasteiger partial charge on any atom is -0.337 e. The Bertz CT molecular complexity index is 1490. The molecular formula is C22H14N8. The molecule has 0 radical (unpaired) electrons. The van der Waals surface area contributed by atoms with Crippen LogP contribution in [0.2, 0.25) is 0 Å². The van der Waals surface area contributed by atoms with E-state index in [0.717, 1.165) is 44.6 Å². The number of hydrogen-bond acceptors (Lipinski definition) is 6. The van der Waals surface area contributed by atoms with Gasteiger partial charge in [0.15, 0.2) is 11.5 Å². The normalized spacial score (nSPS) is 11.3. The number of nitrogens with one attached hydrogen (secondary N) is 2. The van der Waals surface area contributed by atoms with Gasteiger partial charge in [0, 0.05) is 42.1 Å². The number of aromatic nitrogens is 8. The molecule has 142 valence electrons. The summed E-state index contributed by atoms with van der Waals surface area (Å²) in [5, 5.41) is 8.29. The van der Waals surface area contributed by atoms with E-state index in [-0.39, 0.29) is 0 Å². The molecule has 2 N–H and O–H groups in total. The molecule has 0 atom stereocenters. The minimum atomic E-state index is 0.626. The summed E-state index contributed by atoms with van der Waals surface area (Å²) in [6.07, 6.45) is 8.86. The van der Waals surface area contributed by atoms with Crippen molar-refractivity contribution in [2.45, 2.75) is 0 Å². The van der Waals surface area contributed by atoms with Crippen LogP contribution in [0, 0.1) is 0 Å². The summed E-state index contributed by atoms with van der Waals surface area (Å²) >= 11 is 0. The third kappa shape index (κ3) is 2.62. The Morgan fingerprint density at radius 2 is 1.80 bits per heavy atom. The van der Waals surface area contributed by atoms with Crippen molar-refractivity contribution in [3.63, 3.8) is 0 Å². The summed E-state index contributed by atoms with van der Waals surface area (Å²) in [6, 6.07) is 13.6. The number of H-pyrrole nitrogens is 2. The van der Waals surface area contributed by atoms with Crippen LogP contribution in [0.25, 0.3) is 56.1 Å². The summed E-state index contributed by atoms with van der Waals surface area (Å²) in [5.74, 6) is 0.669. The zero-order valence-corrected chi connectivity index (χ0v) is 15.6. The molecule has 30 heavy (non-hydrogen) atoms. The van der Waals surface area contributed by atoms with Gasteiger partial charge in [0.05, 0.1) is 16.6 Å². The van der Waals surface area contributed by atoms with Gasteiger partial charge in [0.25, 0.3) is 0 Å². The summed E-state index contributed by atoms with van der Waals surface area (Å²) < 4.78 is 0. The minimum absolute atomic E-state index is 0.626. The fraction of sp³-hybridized carbons (Fsp3) is 0. The van der Waals surface area contributed by atoms with E-state index in [9.17, 15) is 0 Å². The van der Waals surface area contributed by atoms with Crippen LogP contribution in [0.15, 0.2) is 73.4 Å². The molecule has 0 aromatic carbocycles. The second-order valence-corrected chi connectivity index (χ2v) is 6.79. The lowest BCUT2D eigenvalue weighted by atomic mass is 10.1. The van der Waals surface area contributed by atoms with Crippen LogP contribution in [-0.2, 0) is 0 Å². The van der Waals surface area contributed by atoms with Gasteiger partial charge in [-0.1, -0.05) is 12.1 Å². The van der Waals surface area contributed by atoms with Crippen LogP contribution in [0.4, 0.5) is 0 Å². The Morgan fingerprint density at radius 1 is 0.800 bits per heavy atom. The molecule has 6 aromatic heterocycles. The van der Waals surface area contributed by atoms with E-state index in [4.69, 9.17) is 4.98 Å². The molecular weight excluding hydrogens is 376 g/mol. The summed E-state index contributed by atoms with van der Waals surface area (Å²) in [4.78, 5) is 25.8. The van der Waals surface area contributed by atoms with Crippen LogP contribution in [0.3, 0.4) is 0 Å². The number of nitrogens with zero attached hydrogens (tertiary/aromatic N) is 6. The van der Waals surface area contributed by atoms with Crippen molar-refractivity contribution in [2.75, 3.05) is 0 Å². The highest BCUT2D eigenvalue weighted by atomic mass is 15.2. The fourth-order valence-electron chi connectivity index (χ4n) is 3.52. The van der Waals surface area contributed by atoms with E-state index >= 15 is 0 Å². The molecule has 0 fully saturated rings. The maximum atomic E-state index is 4.81. The Balaban J connectivity index is 1.52. The number of fused-ring (bicyclic) bond motifs is 2. The average Bonchev–Trinajstić information content (AvgIpc) is 3.43. The van der Waals surface area contributed by atoms with Gasteiger partial charge in [-0.05, 0) is 30.3 Å². The van der Waals surface area contributed by atoms with E-state index in [1.54, 1.807) is 24.8 Å². The van der Waals surface area contributed by atoms with E-state index in [1.807, 2.05) is 48.7 Å². The first-order valence-electron chi connectivity index (χ1n) is 9.38. The van der Waals surface area contributed by atoms with Gasteiger partial charge in [-0.2, -0.15) is 5.10 Å². The maximum absolute atomic E-state index is 4.81. The van der Waals surface area contributed by atoms with Crippen molar-refractivity contribution < 1.29 is 0 Å². The second-order valence-electron chi connectivity index (χ2n) is 6.79. The number of aromatic amines is 2. The van der Waals surface area contributed by atoms with E-state index < -0.39 is 0 Å². The molecule has 0 unspecified atom stereocenters. The quantitative estimate of drug-likeness (QED) is 0.472. The molecule has 0 spiro atoms. The fourth-order valence-corrected chi connectivity index (χ4v) is 3.52. The van der Waals surface area contributed by atoms with Crippen molar-refractivity contribution in [3.05, 3.63) is 73.4 Å². The lowest BCUT2D eigenvalue weighted by molar-refractivity contribution is 1.09. The zero-order valence-electron chi connectivity index (χ0n) is 15.6. The lowest BCUT2D eigenvalue weighted by Gasteiger charge is -2.00. The second kappa shape index (κ2) is 6.56. The maximum Gasteiger partial charge on any atom is 0.181 e. The van der Waals surface area contributed by atoms with Gasteiger partial charge in [0.1, 0.15) is 16.9 Å². The number of pyridine rings is 4. The number of hydrogen-bond donors (Lipinski definition) is 2. The van der Waals surface area contributed by atoms with Gasteiger partial charge >= 0.3 is 0 Å². The summed E-state index contributed by atoms with van der Waals surface area (Å²) in [5.41, 5.74) is 6.48. The van der Waals surface area contributed by atoms with Gasteiger partial charge in [-0.3, -0.25) is 20.1 Å². The highest BCUT2D eigenvalue weighted by molar-refractivity contribution is 5.95. The molecule has 0 amide bonds. The Morgan fingerprint density at radius 3 is 2.67 bits per heavy atom. The third-order valence-corrected chi connectivity index (χ3v) is 4.95. The number of rotatable bonds is 3.